The number of aromatic nitrogens is 2. The molecule has 1 amide bonds. The summed E-state index contributed by atoms with van der Waals surface area (Å²) >= 11 is 0. The number of hydrogen-bond donors (Lipinski definition) is 1. The van der Waals surface area contributed by atoms with Crippen LogP contribution in [0.1, 0.15) is 24.6 Å². The van der Waals surface area contributed by atoms with Crippen molar-refractivity contribution in [1.82, 2.24) is 25.3 Å². The highest BCUT2D eigenvalue weighted by atomic mass is 16.5. The number of nitrogens with one attached hydrogen (secondary N) is 1. The minimum Gasteiger partial charge on any atom is -0.348 e. The minimum absolute atomic E-state index is 0.174. The Bertz CT molecular complexity index is 452. The predicted octanol–water partition coefficient (Wildman–Crippen LogP) is 0.0627. The van der Waals surface area contributed by atoms with Gasteiger partial charge in [-0.2, -0.15) is 4.98 Å². The first-order valence-electron chi connectivity index (χ1n) is 7.49. The molecule has 1 aromatic heterocycles. The van der Waals surface area contributed by atoms with Gasteiger partial charge in [-0.25, -0.2) is 0 Å². The first-order valence-corrected chi connectivity index (χ1v) is 7.49. The van der Waals surface area contributed by atoms with Gasteiger partial charge in [0.25, 0.3) is 0 Å². The molecule has 1 N–H and O–H groups in total. The summed E-state index contributed by atoms with van der Waals surface area (Å²) in [5.41, 5.74) is 0. The second kappa shape index (κ2) is 7.51. The number of carbonyl (C=O) groups is 1. The Labute approximate surface area is 125 Å². The zero-order chi connectivity index (χ0) is 15.2. The average molecular weight is 295 g/mol. The van der Waals surface area contributed by atoms with E-state index >= 15 is 0 Å². The molecule has 0 unspecified atom stereocenters. The first kappa shape index (κ1) is 15.9. The molecule has 1 aliphatic rings. The summed E-state index contributed by atoms with van der Waals surface area (Å²) in [4.78, 5) is 19.7. The van der Waals surface area contributed by atoms with Crippen molar-refractivity contribution >= 4 is 5.91 Å². The van der Waals surface area contributed by atoms with Crippen LogP contribution in [0.5, 0.6) is 0 Å². The molecule has 2 rings (SSSR count). The van der Waals surface area contributed by atoms with E-state index in [1.807, 2.05) is 6.92 Å². The fraction of sp³-hybridized carbons (Fsp3) is 0.786. The molecule has 1 fully saturated rings. The number of carbonyl (C=O) groups excluding carboxylic acids is 1. The Morgan fingerprint density at radius 3 is 2.71 bits per heavy atom. The van der Waals surface area contributed by atoms with Gasteiger partial charge < -0.3 is 14.7 Å². The normalized spacial score (nSPS) is 17.1. The van der Waals surface area contributed by atoms with Crippen LogP contribution >= 0.6 is 0 Å². The summed E-state index contributed by atoms with van der Waals surface area (Å²) in [6.45, 7) is 5.14. The molecule has 7 heteroatoms. The van der Waals surface area contributed by atoms with Crippen molar-refractivity contribution in [1.29, 1.82) is 0 Å². The van der Waals surface area contributed by atoms with Crippen molar-refractivity contribution in [3.05, 3.63) is 11.7 Å². The Morgan fingerprint density at radius 2 is 2.14 bits per heavy atom. The molecule has 0 bridgehead atoms. The van der Waals surface area contributed by atoms with Crippen LogP contribution in [-0.4, -0.2) is 72.2 Å². The molecular weight excluding hydrogens is 270 g/mol. The quantitative estimate of drug-likeness (QED) is 0.800. The number of rotatable bonds is 6. The second-order valence-corrected chi connectivity index (χ2v) is 5.78. The molecule has 2 heterocycles. The van der Waals surface area contributed by atoms with Gasteiger partial charge in [-0.3, -0.25) is 9.69 Å². The number of nitrogens with zero attached hydrogens (tertiary/aromatic N) is 4. The van der Waals surface area contributed by atoms with Crippen LogP contribution in [0.15, 0.2) is 4.52 Å². The Morgan fingerprint density at radius 1 is 1.43 bits per heavy atom. The summed E-state index contributed by atoms with van der Waals surface area (Å²) in [5, 5.41) is 7.30. The molecule has 21 heavy (non-hydrogen) atoms. The molecule has 0 atom stereocenters. The highest BCUT2D eigenvalue weighted by Crippen LogP contribution is 2.10. The lowest BCUT2D eigenvalue weighted by atomic mass is 10.0. The molecule has 1 aliphatic heterocycles. The molecular formula is C14H25N5O2. The van der Waals surface area contributed by atoms with Gasteiger partial charge >= 0.3 is 0 Å². The second-order valence-electron chi connectivity index (χ2n) is 5.78. The number of aryl methyl sites for hydroxylation is 1. The van der Waals surface area contributed by atoms with Crippen LogP contribution in [0.2, 0.25) is 0 Å². The minimum atomic E-state index is 0.174. The fourth-order valence-corrected chi connectivity index (χ4v) is 2.45. The topological polar surface area (TPSA) is 74.5 Å². The highest BCUT2D eigenvalue weighted by molar-refractivity contribution is 5.77. The maximum absolute atomic E-state index is 11.7. The summed E-state index contributed by atoms with van der Waals surface area (Å²) in [7, 11) is 3.60. The van der Waals surface area contributed by atoms with E-state index in [4.69, 9.17) is 4.52 Å². The van der Waals surface area contributed by atoms with E-state index < -0.39 is 0 Å². The zero-order valence-electron chi connectivity index (χ0n) is 13.1. The number of likely N-dealkylation sites (N-methyl/N-ethyl adjacent to an activating group) is 1. The summed E-state index contributed by atoms with van der Waals surface area (Å²) in [6, 6.07) is 0.514. The smallest absolute Gasteiger partial charge is 0.236 e. The van der Waals surface area contributed by atoms with E-state index in [0.717, 1.165) is 38.9 Å². The Hall–Kier alpha value is -1.47. The standard InChI is InChI=1S/C14H25N5O2/c1-11-16-13(21-17-11)4-7-15-12-5-8-19(9-6-12)10-14(20)18(2)3/h12,15H,4-10H2,1-3H3. The molecule has 0 saturated carbocycles. The molecule has 7 nitrogen and oxygen atoms in total. The Kier molecular flexibility index (Phi) is 5.69. The van der Waals surface area contributed by atoms with Gasteiger partial charge in [0.1, 0.15) is 0 Å². The van der Waals surface area contributed by atoms with Crippen LogP contribution < -0.4 is 5.32 Å². The predicted molar refractivity (Wildman–Crippen MR) is 78.9 cm³/mol. The van der Waals surface area contributed by atoms with Gasteiger partial charge in [0.2, 0.25) is 11.8 Å². The number of piperidine rings is 1. The van der Waals surface area contributed by atoms with Crippen LogP contribution in [0, 0.1) is 6.92 Å². The molecule has 0 aromatic carbocycles. The maximum atomic E-state index is 11.7. The van der Waals surface area contributed by atoms with E-state index in [2.05, 4.69) is 20.4 Å². The number of amides is 1. The molecule has 0 aliphatic carbocycles. The molecule has 0 radical (unpaired) electrons. The van der Waals surface area contributed by atoms with Crippen LogP contribution in [0.25, 0.3) is 0 Å². The third kappa shape index (κ3) is 5.09. The van der Waals surface area contributed by atoms with Crippen molar-refractivity contribution in [2.75, 3.05) is 40.3 Å². The summed E-state index contributed by atoms with van der Waals surface area (Å²) in [6.07, 6.45) is 2.91. The van der Waals surface area contributed by atoms with E-state index in [1.54, 1.807) is 19.0 Å². The first-order chi connectivity index (χ1) is 10.0. The van der Waals surface area contributed by atoms with E-state index in [0.29, 0.717) is 24.3 Å². The van der Waals surface area contributed by atoms with Gasteiger partial charge in [0.05, 0.1) is 6.54 Å². The SMILES string of the molecule is Cc1noc(CCNC2CCN(CC(=O)N(C)C)CC2)n1. The number of hydrogen-bond acceptors (Lipinski definition) is 6. The lowest BCUT2D eigenvalue weighted by Crippen LogP contribution is -2.46. The third-order valence-corrected chi connectivity index (χ3v) is 3.79. The summed E-state index contributed by atoms with van der Waals surface area (Å²) in [5.74, 6) is 1.55. The maximum Gasteiger partial charge on any atom is 0.236 e. The van der Waals surface area contributed by atoms with Gasteiger partial charge in [0, 0.05) is 46.2 Å². The van der Waals surface area contributed by atoms with E-state index in [1.165, 1.54) is 0 Å². The average Bonchev–Trinajstić information content (AvgIpc) is 2.86. The summed E-state index contributed by atoms with van der Waals surface area (Å²) < 4.78 is 5.09. The van der Waals surface area contributed by atoms with E-state index in [9.17, 15) is 4.79 Å². The third-order valence-electron chi connectivity index (χ3n) is 3.79. The van der Waals surface area contributed by atoms with Crippen LogP contribution in [0.3, 0.4) is 0 Å². The van der Waals surface area contributed by atoms with E-state index in [-0.39, 0.29) is 5.91 Å². The molecule has 1 aromatic rings. The highest BCUT2D eigenvalue weighted by Gasteiger charge is 2.21. The molecule has 0 spiro atoms. The van der Waals surface area contributed by atoms with Crippen LogP contribution in [-0.2, 0) is 11.2 Å². The van der Waals surface area contributed by atoms with Crippen molar-refractivity contribution < 1.29 is 9.32 Å². The molecule has 118 valence electrons. The van der Waals surface area contributed by atoms with Crippen molar-refractivity contribution in [3.8, 4) is 0 Å². The van der Waals surface area contributed by atoms with Crippen molar-refractivity contribution in [2.24, 2.45) is 0 Å². The fourth-order valence-electron chi connectivity index (χ4n) is 2.45. The van der Waals surface area contributed by atoms with Crippen molar-refractivity contribution in [2.45, 2.75) is 32.2 Å². The molecule has 1 saturated heterocycles. The van der Waals surface area contributed by atoms with Gasteiger partial charge in [-0.1, -0.05) is 5.16 Å². The number of likely N-dealkylation sites (tertiary alicyclic amines) is 1. The zero-order valence-corrected chi connectivity index (χ0v) is 13.1. The lowest BCUT2D eigenvalue weighted by Gasteiger charge is -2.32. The van der Waals surface area contributed by atoms with Crippen molar-refractivity contribution in [3.63, 3.8) is 0 Å². The van der Waals surface area contributed by atoms with Crippen LogP contribution in [0.4, 0.5) is 0 Å². The monoisotopic (exact) mass is 295 g/mol. The van der Waals surface area contributed by atoms with Gasteiger partial charge in [-0.05, 0) is 19.8 Å². The van der Waals surface area contributed by atoms with Gasteiger partial charge in [0.15, 0.2) is 5.82 Å². The lowest BCUT2D eigenvalue weighted by molar-refractivity contribution is -0.130. The largest absolute Gasteiger partial charge is 0.348 e. The Balaban J connectivity index is 1.62. The van der Waals surface area contributed by atoms with Gasteiger partial charge in [-0.15, -0.1) is 0 Å².